The van der Waals surface area contributed by atoms with Crippen LogP contribution < -0.4 is 0 Å². The van der Waals surface area contributed by atoms with Crippen molar-refractivity contribution in [3.05, 3.63) is 0 Å². The minimum atomic E-state index is 0.310. The highest BCUT2D eigenvalue weighted by molar-refractivity contribution is 4.74. The second-order valence-electron chi connectivity index (χ2n) is 3.80. The first kappa shape index (κ1) is 10.0. The molecule has 12 heavy (non-hydrogen) atoms. The average molecular weight is 171 g/mol. The zero-order chi connectivity index (χ0) is 8.81. The van der Waals surface area contributed by atoms with Crippen LogP contribution in [0.4, 0.5) is 0 Å². The SMILES string of the molecule is CCCN(CCO)CCC1CC1. The molecule has 2 nitrogen and oxygen atoms in total. The summed E-state index contributed by atoms with van der Waals surface area (Å²) in [4.78, 5) is 2.37. The molecule has 0 heterocycles. The molecular formula is C10H21NO. The van der Waals surface area contributed by atoms with Gasteiger partial charge in [0.1, 0.15) is 0 Å². The van der Waals surface area contributed by atoms with Gasteiger partial charge in [-0.3, -0.25) is 0 Å². The lowest BCUT2D eigenvalue weighted by Crippen LogP contribution is -2.29. The van der Waals surface area contributed by atoms with Gasteiger partial charge in [0.25, 0.3) is 0 Å². The van der Waals surface area contributed by atoms with E-state index >= 15 is 0 Å². The fourth-order valence-electron chi connectivity index (χ4n) is 1.56. The summed E-state index contributed by atoms with van der Waals surface area (Å²) in [5, 5.41) is 8.80. The van der Waals surface area contributed by atoms with Crippen LogP contribution >= 0.6 is 0 Å². The van der Waals surface area contributed by atoms with Crippen molar-refractivity contribution in [1.29, 1.82) is 0 Å². The van der Waals surface area contributed by atoms with E-state index in [-0.39, 0.29) is 0 Å². The molecule has 0 radical (unpaired) electrons. The van der Waals surface area contributed by atoms with Gasteiger partial charge in [-0.15, -0.1) is 0 Å². The van der Waals surface area contributed by atoms with Gasteiger partial charge in [-0.1, -0.05) is 19.8 Å². The summed E-state index contributed by atoms with van der Waals surface area (Å²) in [5.74, 6) is 1.02. The van der Waals surface area contributed by atoms with Crippen LogP contribution in [-0.2, 0) is 0 Å². The Balaban J connectivity index is 2.03. The molecule has 0 amide bonds. The van der Waals surface area contributed by atoms with Gasteiger partial charge >= 0.3 is 0 Å². The highest BCUT2D eigenvalue weighted by Gasteiger charge is 2.21. The van der Waals surface area contributed by atoms with Crippen LogP contribution in [0.2, 0.25) is 0 Å². The molecule has 0 spiro atoms. The topological polar surface area (TPSA) is 23.5 Å². The quantitative estimate of drug-likeness (QED) is 0.627. The van der Waals surface area contributed by atoms with Crippen molar-refractivity contribution in [2.24, 2.45) is 5.92 Å². The summed E-state index contributed by atoms with van der Waals surface area (Å²) >= 11 is 0. The van der Waals surface area contributed by atoms with Gasteiger partial charge in [0.15, 0.2) is 0 Å². The fraction of sp³-hybridized carbons (Fsp3) is 1.00. The summed E-state index contributed by atoms with van der Waals surface area (Å²) in [7, 11) is 0. The molecule has 0 aromatic heterocycles. The maximum atomic E-state index is 8.80. The van der Waals surface area contributed by atoms with E-state index in [2.05, 4.69) is 11.8 Å². The molecule has 1 rings (SSSR count). The maximum Gasteiger partial charge on any atom is 0.0558 e. The lowest BCUT2D eigenvalue weighted by molar-refractivity contribution is 0.192. The van der Waals surface area contributed by atoms with Gasteiger partial charge in [-0.2, -0.15) is 0 Å². The van der Waals surface area contributed by atoms with Crippen molar-refractivity contribution in [3.8, 4) is 0 Å². The predicted octanol–water partition coefficient (Wildman–Crippen LogP) is 1.49. The van der Waals surface area contributed by atoms with Gasteiger partial charge in [0.2, 0.25) is 0 Å². The molecule has 0 aliphatic heterocycles. The van der Waals surface area contributed by atoms with Gasteiger partial charge in [0.05, 0.1) is 6.61 Å². The number of aliphatic hydroxyl groups excluding tert-OH is 1. The third-order valence-electron chi connectivity index (χ3n) is 2.51. The second kappa shape index (κ2) is 5.55. The van der Waals surface area contributed by atoms with Crippen molar-refractivity contribution < 1.29 is 5.11 Å². The van der Waals surface area contributed by atoms with Gasteiger partial charge < -0.3 is 10.0 Å². The number of hydrogen-bond acceptors (Lipinski definition) is 2. The van der Waals surface area contributed by atoms with E-state index < -0.39 is 0 Å². The molecule has 0 saturated heterocycles. The Labute approximate surface area is 75.6 Å². The lowest BCUT2D eigenvalue weighted by Gasteiger charge is -2.19. The Morgan fingerprint density at radius 1 is 1.25 bits per heavy atom. The Hall–Kier alpha value is -0.0800. The van der Waals surface area contributed by atoms with Crippen LogP contribution in [0.5, 0.6) is 0 Å². The van der Waals surface area contributed by atoms with Crippen LogP contribution in [0.1, 0.15) is 32.6 Å². The molecule has 0 aromatic carbocycles. The molecule has 1 aliphatic rings. The van der Waals surface area contributed by atoms with Crippen molar-refractivity contribution in [3.63, 3.8) is 0 Å². The van der Waals surface area contributed by atoms with Crippen LogP contribution in [0.15, 0.2) is 0 Å². The lowest BCUT2D eigenvalue weighted by atomic mass is 10.2. The van der Waals surface area contributed by atoms with E-state index in [4.69, 9.17) is 5.11 Å². The first-order valence-corrected chi connectivity index (χ1v) is 5.20. The van der Waals surface area contributed by atoms with Crippen LogP contribution in [0.25, 0.3) is 0 Å². The minimum Gasteiger partial charge on any atom is -0.395 e. The van der Waals surface area contributed by atoms with E-state index in [1.165, 1.54) is 32.2 Å². The van der Waals surface area contributed by atoms with Crippen molar-refractivity contribution in [1.82, 2.24) is 4.90 Å². The molecule has 0 atom stereocenters. The largest absolute Gasteiger partial charge is 0.395 e. The Bertz CT molecular complexity index is 106. The van der Waals surface area contributed by atoms with E-state index in [0.29, 0.717) is 6.61 Å². The van der Waals surface area contributed by atoms with Crippen molar-refractivity contribution in [2.75, 3.05) is 26.2 Å². The normalized spacial score (nSPS) is 17.2. The molecule has 1 N–H and O–H groups in total. The predicted molar refractivity (Wildman–Crippen MR) is 51.2 cm³/mol. The standard InChI is InChI=1S/C10H21NO/c1-2-6-11(8-9-12)7-5-10-3-4-10/h10,12H,2-9H2,1H3. The second-order valence-corrected chi connectivity index (χ2v) is 3.80. The molecule has 0 aromatic rings. The van der Waals surface area contributed by atoms with Crippen LogP contribution in [0, 0.1) is 5.92 Å². The van der Waals surface area contributed by atoms with Crippen molar-refractivity contribution >= 4 is 0 Å². The van der Waals surface area contributed by atoms with Gasteiger partial charge in [-0.05, 0) is 31.8 Å². The zero-order valence-corrected chi connectivity index (χ0v) is 8.13. The molecule has 1 aliphatic carbocycles. The minimum absolute atomic E-state index is 0.310. The molecule has 1 saturated carbocycles. The first-order chi connectivity index (χ1) is 5.86. The number of aliphatic hydroxyl groups is 1. The van der Waals surface area contributed by atoms with Gasteiger partial charge in [-0.25, -0.2) is 0 Å². The molecule has 0 unspecified atom stereocenters. The molecule has 0 bridgehead atoms. The Morgan fingerprint density at radius 2 is 2.00 bits per heavy atom. The zero-order valence-electron chi connectivity index (χ0n) is 8.13. The summed E-state index contributed by atoms with van der Waals surface area (Å²) in [6, 6.07) is 0. The van der Waals surface area contributed by atoms with E-state index in [0.717, 1.165) is 19.0 Å². The highest BCUT2D eigenvalue weighted by Crippen LogP contribution is 2.32. The number of rotatable bonds is 7. The Kier molecular flexibility index (Phi) is 4.62. The average Bonchev–Trinajstić information content (AvgIpc) is 2.84. The smallest absolute Gasteiger partial charge is 0.0558 e. The maximum absolute atomic E-state index is 8.80. The molecule has 1 fully saturated rings. The van der Waals surface area contributed by atoms with Crippen LogP contribution in [0.3, 0.4) is 0 Å². The van der Waals surface area contributed by atoms with Crippen LogP contribution in [-0.4, -0.2) is 36.2 Å². The molecule has 72 valence electrons. The van der Waals surface area contributed by atoms with Gasteiger partial charge in [0, 0.05) is 6.54 Å². The third-order valence-corrected chi connectivity index (χ3v) is 2.51. The summed E-state index contributed by atoms with van der Waals surface area (Å²) in [5.41, 5.74) is 0. The summed E-state index contributed by atoms with van der Waals surface area (Å²) in [6.07, 6.45) is 5.43. The summed E-state index contributed by atoms with van der Waals surface area (Å²) in [6.45, 7) is 5.71. The summed E-state index contributed by atoms with van der Waals surface area (Å²) < 4.78 is 0. The molecular weight excluding hydrogens is 150 g/mol. The van der Waals surface area contributed by atoms with E-state index in [1.54, 1.807) is 0 Å². The van der Waals surface area contributed by atoms with E-state index in [1.807, 2.05) is 0 Å². The van der Waals surface area contributed by atoms with E-state index in [9.17, 15) is 0 Å². The monoisotopic (exact) mass is 171 g/mol. The third kappa shape index (κ3) is 4.07. The highest BCUT2D eigenvalue weighted by atomic mass is 16.3. The molecule has 2 heteroatoms. The Morgan fingerprint density at radius 3 is 2.50 bits per heavy atom. The fourth-order valence-corrected chi connectivity index (χ4v) is 1.56. The first-order valence-electron chi connectivity index (χ1n) is 5.20. The number of hydrogen-bond donors (Lipinski definition) is 1. The number of nitrogens with zero attached hydrogens (tertiary/aromatic N) is 1. The van der Waals surface area contributed by atoms with Crippen molar-refractivity contribution in [2.45, 2.75) is 32.6 Å².